The number of nitrogens with one attached hydrogen (secondary N) is 1. The number of aromatic carboxylic acids is 1. The Labute approximate surface area is 114 Å². The SMILES string of the molecule is CCc1occc1C(=O)Nc1cccc(C(=O)O)c1O. The van der Waals surface area contributed by atoms with Gasteiger partial charge in [0.15, 0.2) is 5.75 Å². The standard InChI is InChI=1S/C14H13NO5/c1-2-11-8(6-7-20-11)13(17)15-10-5-3-4-9(12(10)16)14(18)19/h3-7,16H,2H2,1H3,(H,15,17)(H,18,19). The number of amides is 1. The van der Waals surface area contributed by atoms with Gasteiger partial charge in [0, 0.05) is 6.42 Å². The minimum Gasteiger partial charge on any atom is -0.505 e. The predicted octanol–water partition coefficient (Wildman–Crippen LogP) is 2.50. The minimum absolute atomic E-state index is 0.0400. The van der Waals surface area contributed by atoms with Gasteiger partial charge in [-0.1, -0.05) is 13.0 Å². The van der Waals surface area contributed by atoms with E-state index in [9.17, 15) is 14.7 Å². The number of carboxylic acids is 1. The first-order valence-electron chi connectivity index (χ1n) is 5.97. The molecule has 0 aliphatic carbocycles. The van der Waals surface area contributed by atoms with Gasteiger partial charge in [-0.3, -0.25) is 4.79 Å². The first kappa shape index (κ1) is 13.7. The molecule has 2 rings (SSSR count). The Kier molecular flexibility index (Phi) is 3.74. The summed E-state index contributed by atoms with van der Waals surface area (Å²) in [4.78, 5) is 23.0. The fourth-order valence-electron chi connectivity index (χ4n) is 1.82. The summed E-state index contributed by atoms with van der Waals surface area (Å²) in [5.41, 5.74) is 0.122. The van der Waals surface area contributed by atoms with E-state index in [-0.39, 0.29) is 11.3 Å². The number of aromatic hydroxyl groups is 1. The maximum absolute atomic E-state index is 12.1. The first-order valence-corrected chi connectivity index (χ1v) is 5.97. The number of para-hydroxylation sites is 1. The zero-order chi connectivity index (χ0) is 14.7. The second-order valence-corrected chi connectivity index (χ2v) is 4.07. The van der Waals surface area contributed by atoms with Crippen LogP contribution in [0.3, 0.4) is 0 Å². The summed E-state index contributed by atoms with van der Waals surface area (Å²) >= 11 is 0. The van der Waals surface area contributed by atoms with Crippen LogP contribution in [0.25, 0.3) is 0 Å². The Hall–Kier alpha value is -2.76. The van der Waals surface area contributed by atoms with Crippen LogP contribution in [0.5, 0.6) is 5.75 Å². The zero-order valence-corrected chi connectivity index (χ0v) is 10.7. The summed E-state index contributed by atoms with van der Waals surface area (Å²) < 4.78 is 5.15. The summed E-state index contributed by atoms with van der Waals surface area (Å²) in [6.45, 7) is 1.85. The number of carbonyl (C=O) groups is 2. The van der Waals surface area contributed by atoms with Gasteiger partial charge in [-0.25, -0.2) is 4.79 Å². The molecule has 0 radical (unpaired) electrons. The second kappa shape index (κ2) is 5.48. The molecule has 0 saturated carbocycles. The molecule has 0 unspecified atom stereocenters. The Morgan fingerprint density at radius 3 is 2.65 bits per heavy atom. The number of hydrogen-bond acceptors (Lipinski definition) is 4. The quantitative estimate of drug-likeness (QED) is 0.744. The number of rotatable bonds is 4. The topological polar surface area (TPSA) is 99.8 Å². The summed E-state index contributed by atoms with van der Waals surface area (Å²) in [6.07, 6.45) is 1.96. The molecule has 0 fully saturated rings. The van der Waals surface area contributed by atoms with Crippen LogP contribution in [-0.2, 0) is 6.42 Å². The van der Waals surface area contributed by atoms with E-state index in [1.807, 2.05) is 6.92 Å². The third kappa shape index (κ3) is 2.49. The molecule has 3 N–H and O–H groups in total. The highest BCUT2D eigenvalue weighted by Crippen LogP contribution is 2.28. The molecule has 2 aromatic rings. The second-order valence-electron chi connectivity index (χ2n) is 4.07. The molecule has 0 spiro atoms. The summed E-state index contributed by atoms with van der Waals surface area (Å²) in [5.74, 6) is -1.68. The van der Waals surface area contributed by atoms with E-state index in [0.717, 1.165) is 0 Å². The number of carboxylic acid groups (broad SMARTS) is 1. The van der Waals surface area contributed by atoms with Crippen LogP contribution in [0, 0.1) is 0 Å². The largest absolute Gasteiger partial charge is 0.505 e. The third-order valence-corrected chi connectivity index (χ3v) is 2.83. The molecule has 20 heavy (non-hydrogen) atoms. The van der Waals surface area contributed by atoms with Gasteiger partial charge in [-0.15, -0.1) is 0 Å². The molecule has 6 heteroatoms. The molecule has 1 heterocycles. The van der Waals surface area contributed by atoms with Crippen molar-refractivity contribution in [3.05, 3.63) is 47.4 Å². The fourth-order valence-corrected chi connectivity index (χ4v) is 1.82. The minimum atomic E-state index is -1.27. The first-order chi connectivity index (χ1) is 9.54. The summed E-state index contributed by atoms with van der Waals surface area (Å²) in [7, 11) is 0. The number of benzene rings is 1. The van der Waals surface area contributed by atoms with E-state index in [0.29, 0.717) is 17.7 Å². The van der Waals surface area contributed by atoms with Crippen molar-refractivity contribution in [1.82, 2.24) is 0 Å². The molecule has 0 atom stereocenters. The Morgan fingerprint density at radius 1 is 1.25 bits per heavy atom. The number of hydrogen-bond donors (Lipinski definition) is 3. The van der Waals surface area contributed by atoms with E-state index in [1.165, 1.54) is 30.5 Å². The monoisotopic (exact) mass is 275 g/mol. The van der Waals surface area contributed by atoms with E-state index in [1.54, 1.807) is 0 Å². The smallest absolute Gasteiger partial charge is 0.339 e. The van der Waals surface area contributed by atoms with Gasteiger partial charge in [0.25, 0.3) is 5.91 Å². The van der Waals surface area contributed by atoms with Crippen molar-refractivity contribution >= 4 is 17.6 Å². The van der Waals surface area contributed by atoms with E-state index in [4.69, 9.17) is 9.52 Å². The molecule has 104 valence electrons. The molecule has 0 aliphatic rings. The van der Waals surface area contributed by atoms with Crippen LogP contribution < -0.4 is 5.32 Å². The number of furan rings is 1. The van der Waals surface area contributed by atoms with Gasteiger partial charge >= 0.3 is 5.97 Å². The van der Waals surface area contributed by atoms with Gasteiger partial charge in [-0.2, -0.15) is 0 Å². The molecule has 0 saturated heterocycles. The molecule has 1 aromatic heterocycles. The normalized spacial score (nSPS) is 10.2. The van der Waals surface area contributed by atoms with Gasteiger partial charge in [-0.05, 0) is 18.2 Å². The lowest BCUT2D eigenvalue weighted by Gasteiger charge is -2.08. The fraction of sp³-hybridized carbons (Fsp3) is 0.143. The predicted molar refractivity (Wildman–Crippen MR) is 71.1 cm³/mol. The Balaban J connectivity index is 2.29. The van der Waals surface area contributed by atoms with Crippen molar-refractivity contribution in [3.8, 4) is 5.75 Å². The number of anilines is 1. The summed E-state index contributed by atoms with van der Waals surface area (Å²) in [6, 6.07) is 5.63. The van der Waals surface area contributed by atoms with Gasteiger partial charge < -0.3 is 19.9 Å². The van der Waals surface area contributed by atoms with Crippen molar-refractivity contribution in [1.29, 1.82) is 0 Å². The van der Waals surface area contributed by atoms with E-state index < -0.39 is 17.6 Å². The van der Waals surface area contributed by atoms with Crippen LogP contribution in [-0.4, -0.2) is 22.1 Å². The summed E-state index contributed by atoms with van der Waals surface area (Å²) in [5, 5.41) is 21.2. The molecular formula is C14H13NO5. The van der Waals surface area contributed by atoms with Crippen LogP contribution in [0.2, 0.25) is 0 Å². The lowest BCUT2D eigenvalue weighted by molar-refractivity contribution is 0.0693. The molecule has 0 bridgehead atoms. The maximum atomic E-state index is 12.1. The highest BCUT2D eigenvalue weighted by atomic mass is 16.4. The van der Waals surface area contributed by atoms with Crippen molar-refractivity contribution in [2.75, 3.05) is 5.32 Å². The van der Waals surface area contributed by atoms with Crippen LogP contribution in [0.4, 0.5) is 5.69 Å². The molecule has 6 nitrogen and oxygen atoms in total. The van der Waals surface area contributed by atoms with Crippen molar-refractivity contribution in [2.24, 2.45) is 0 Å². The molecule has 1 amide bonds. The third-order valence-electron chi connectivity index (χ3n) is 2.83. The van der Waals surface area contributed by atoms with Crippen LogP contribution in [0.15, 0.2) is 34.9 Å². The highest BCUT2D eigenvalue weighted by molar-refractivity contribution is 6.06. The lowest BCUT2D eigenvalue weighted by atomic mass is 10.1. The molecule has 0 aliphatic heterocycles. The maximum Gasteiger partial charge on any atom is 0.339 e. The number of carbonyl (C=O) groups excluding carboxylic acids is 1. The van der Waals surface area contributed by atoms with Crippen molar-refractivity contribution in [2.45, 2.75) is 13.3 Å². The number of phenols is 1. The van der Waals surface area contributed by atoms with E-state index in [2.05, 4.69) is 5.32 Å². The average Bonchev–Trinajstić information content (AvgIpc) is 2.89. The van der Waals surface area contributed by atoms with E-state index >= 15 is 0 Å². The van der Waals surface area contributed by atoms with Crippen LogP contribution >= 0.6 is 0 Å². The Bertz CT molecular complexity index is 659. The molecular weight excluding hydrogens is 262 g/mol. The van der Waals surface area contributed by atoms with Crippen LogP contribution in [0.1, 0.15) is 33.4 Å². The zero-order valence-electron chi connectivity index (χ0n) is 10.7. The highest BCUT2D eigenvalue weighted by Gasteiger charge is 2.17. The lowest BCUT2D eigenvalue weighted by Crippen LogP contribution is -2.13. The Morgan fingerprint density at radius 2 is 2.00 bits per heavy atom. The van der Waals surface area contributed by atoms with Crippen molar-refractivity contribution < 1.29 is 24.2 Å². The van der Waals surface area contributed by atoms with Gasteiger partial charge in [0.1, 0.15) is 11.3 Å². The van der Waals surface area contributed by atoms with Gasteiger partial charge in [0.2, 0.25) is 0 Å². The molecule has 1 aromatic carbocycles. The average molecular weight is 275 g/mol. The van der Waals surface area contributed by atoms with Gasteiger partial charge in [0.05, 0.1) is 17.5 Å². The number of aryl methyl sites for hydroxylation is 1. The van der Waals surface area contributed by atoms with Crippen molar-refractivity contribution in [3.63, 3.8) is 0 Å².